The summed E-state index contributed by atoms with van der Waals surface area (Å²) in [5.74, 6) is 0.580. The highest BCUT2D eigenvalue weighted by atomic mass is 16.5. The normalized spacial score (nSPS) is 15.5. The Hall–Kier alpha value is -1.55. The second kappa shape index (κ2) is 9.46. The van der Waals surface area contributed by atoms with Crippen LogP contribution in [0.5, 0.6) is 5.75 Å². The molecule has 1 aliphatic heterocycles. The van der Waals surface area contributed by atoms with Crippen molar-refractivity contribution in [2.24, 2.45) is 0 Å². The summed E-state index contributed by atoms with van der Waals surface area (Å²) in [6, 6.07) is 7.26. The molecule has 0 atom stereocenters. The molecule has 1 aromatic rings. The maximum Gasteiger partial charge on any atom is 0.338 e. The Morgan fingerprint density at radius 1 is 1.14 bits per heavy atom. The molecule has 0 radical (unpaired) electrons. The minimum atomic E-state index is -0.235. The van der Waals surface area contributed by atoms with E-state index in [-0.39, 0.29) is 12.1 Å². The molecule has 1 saturated heterocycles. The summed E-state index contributed by atoms with van der Waals surface area (Å²) in [4.78, 5) is 12.1. The van der Waals surface area contributed by atoms with Crippen LogP contribution in [-0.4, -0.2) is 31.8 Å². The zero-order valence-electron chi connectivity index (χ0n) is 13.5. The van der Waals surface area contributed by atoms with Gasteiger partial charge in [0.2, 0.25) is 0 Å². The van der Waals surface area contributed by atoms with Crippen molar-refractivity contribution in [2.75, 3.05) is 19.7 Å². The van der Waals surface area contributed by atoms with E-state index in [9.17, 15) is 4.79 Å². The third kappa shape index (κ3) is 5.68. The number of unbranched alkanes of at least 4 members (excludes halogenated alkanes) is 3. The van der Waals surface area contributed by atoms with Crippen LogP contribution < -0.4 is 10.1 Å². The lowest BCUT2D eigenvalue weighted by Crippen LogP contribution is -2.33. The molecule has 1 aromatic carbocycles. The van der Waals surface area contributed by atoms with Gasteiger partial charge in [-0.2, -0.15) is 0 Å². The van der Waals surface area contributed by atoms with Gasteiger partial charge in [0.05, 0.1) is 12.2 Å². The summed E-state index contributed by atoms with van der Waals surface area (Å²) in [6.07, 6.45) is 6.60. The van der Waals surface area contributed by atoms with Crippen LogP contribution in [-0.2, 0) is 4.74 Å². The first-order chi connectivity index (χ1) is 10.8. The number of nitrogens with one attached hydrogen (secondary N) is 1. The number of carbonyl (C=O) groups excluding carboxylic acids is 1. The maximum atomic E-state index is 12.1. The summed E-state index contributed by atoms with van der Waals surface area (Å²) in [5, 5.41) is 3.26. The summed E-state index contributed by atoms with van der Waals surface area (Å²) in [7, 11) is 0. The second-order valence-electron chi connectivity index (χ2n) is 5.79. The van der Waals surface area contributed by atoms with Gasteiger partial charge in [0, 0.05) is 0 Å². The van der Waals surface area contributed by atoms with Gasteiger partial charge in [-0.25, -0.2) is 4.79 Å². The zero-order chi connectivity index (χ0) is 15.6. The predicted octanol–water partition coefficient (Wildman–Crippen LogP) is 3.55. The largest absolute Gasteiger partial charge is 0.494 e. The summed E-state index contributed by atoms with van der Waals surface area (Å²) in [5.41, 5.74) is 0.594. The molecule has 0 amide bonds. The molecule has 22 heavy (non-hydrogen) atoms. The molecule has 1 N–H and O–H groups in total. The van der Waals surface area contributed by atoms with Gasteiger partial charge in [0.1, 0.15) is 11.9 Å². The highest BCUT2D eigenvalue weighted by Gasteiger charge is 2.18. The summed E-state index contributed by atoms with van der Waals surface area (Å²) in [6.45, 7) is 4.77. The maximum absolute atomic E-state index is 12.1. The molecule has 1 heterocycles. The second-order valence-corrected chi connectivity index (χ2v) is 5.79. The molecule has 0 aromatic heterocycles. The standard InChI is InChI=1S/C18H27NO3/c1-2-3-4-5-14-21-16-8-6-15(7-9-16)18(20)22-17-10-12-19-13-11-17/h6-9,17,19H,2-5,10-14H2,1H3. The van der Waals surface area contributed by atoms with Gasteiger partial charge in [-0.1, -0.05) is 26.2 Å². The van der Waals surface area contributed by atoms with E-state index >= 15 is 0 Å². The van der Waals surface area contributed by atoms with E-state index in [4.69, 9.17) is 9.47 Å². The highest BCUT2D eigenvalue weighted by molar-refractivity contribution is 5.89. The number of piperidine rings is 1. The average molecular weight is 305 g/mol. The van der Waals surface area contributed by atoms with Crippen LogP contribution in [0, 0.1) is 0 Å². The molecule has 0 spiro atoms. The smallest absolute Gasteiger partial charge is 0.338 e. The molecule has 4 nitrogen and oxygen atoms in total. The molecular weight excluding hydrogens is 278 g/mol. The third-order valence-electron chi connectivity index (χ3n) is 3.92. The van der Waals surface area contributed by atoms with Gasteiger partial charge in [-0.3, -0.25) is 0 Å². The molecule has 122 valence electrons. The lowest BCUT2D eigenvalue weighted by molar-refractivity contribution is 0.0229. The van der Waals surface area contributed by atoms with Crippen molar-refractivity contribution in [2.45, 2.75) is 51.6 Å². The Morgan fingerprint density at radius 3 is 2.55 bits per heavy atom. The van der Waals surface area contributed by atoms with Gasteiger partial charge < -0.3 is 14.8 Å². The number of hydrogen-bond acceptors (Lipinski definition) is 4. The Kier molecular flexibility index (Phi) is 7.23. The monoisotopic (exact) mass is 305 g/mol. The fourth-order valence-electron chi connectivity index (χ4n) is 2.54. The van der Waals surface area contributed by atoms with Crippen LogP contribution in [0.4, 0.5) is 0 Å². The molecule has 4 heteroatoms. The van der Waals surface area contributed by atoms with Crippen LogP contribution in [0.3, 0.4) is 0 Å². The topological polar surface area (TPSA) is 47.6 Å². The van der Waals surface area contributed by atoms with Crippen LogP contribution in [0.2, 0.25) is 0 Å². The average Bonchev–Trinajstić information content (AvgIpc) is 2.56. The first-order valence-corrected chi connectivity index (χ1v) is 8.44. The van der Waals surface area contributed by atoms with Crippen molar-refractivity contribution in [3.8, 4) is 5.75 Å². The Labute approximate surface area is 133 Å². The minimum absolute atomic E-state index is 0.0447. The molecule has 0 saturated carbocycles. The third-order valence-corrected chi connectivity index (χ3v) is 3.92. The van der Waals surface area contributed by atoms with Crippen molar-refractivity contribution < 1.29 is 14.3 Å². The zero-order valence-corrected chi connectivity index (χ0v) is 13.5. The molecular formula is C18H27NO3. The molecule has 0 bridgehead atoms. The van der Waals surface area contributed by atoms with Gasteiger partial charge in [-0.05, 0) is 56.6 Å². The van der Waals surface area contributed by atoms with Crippen LogP contribution in [0.15, 0.2) is 24.3 Å². The van der Waals surface area contributed by atoms with Crippen molar-refractivity contribution >= 4 is 5.97 Å². The van der Waals surface area contributed by atoms with Gasteiger partial charge >= 0.3 is 5.97 Å². The van der Waals surface area contributed by atoms with E-state index in [0.29, 0.717) is 5.56 Å². The minimum Gasteiger partial charge on any atom is -0.494 e. The molecule has 2 rings (SSSR count). The van der Waals surface area contributed by atoms with E-state index in [1.54, 1.807) is 12.1 Å². The van der Waals surface area contributed by atoms with Gasteiger partial charge in [-0.15, -0.1) is 0 Å². The van der Waals surface area contributed by atoms with Crippen molar-refractivity contribution in [3.05, 3.63) is 29.8 Å². The van der Waals surface area contributed by atoms with E-state index in [1.807, 2.05) is 12.1 Å². The number of esters is 1. The van der Waals surface area contributed by atoms with E-state index in [0.717, 1.165) is 44.7 Å². The van der Waals surface area contributed by atoms with E-state index < -0.39 is 0 Å². The summed E-state index contributed by atoms with van der Waals surface area (Å²) < 4.78 is 11.2. The lowest BCUT2D eigenvalue weighted by atomic mass is 10.1. The lowest BCUT2D eigenvalue weighted by Gasteiger charge is -2.22. The number of ether oxygens (including phenoxy) is 2. The fraction of sp³-hybridized carbons (Fsp3) is 0.611. The Morgan fingerprint density at radius 2 is 1.86 bits per heavy atom. The number of hydrogen-bond donors (Lipinski definition) is 1. The number of carbonyl (C=O) groups is 1. The van der Waals surface area contributed by atoms with Crippen LogP contribution in [0.1, 0.15) is 55.8 Å². The van der Waals surface area contributed by atoms with Crippen LogP contribution in [0.25, 0.3) is 0 Å². The summed E-state index contributed by atoms with van der Waals surface area (Å²) >= 11 is 0. The SMILES string of the molecule is CCCCCCOc1ccc(C(=O)OC2CCNCC2)cc1. The van der Waals surface area contributed by atoms with Crippen molar-refractivity contribution in [1.82, 2.24) is 5.32 Å². The Balaban J connectivity index is 1.74. The van der Waals surface area contributed by atoms with Gasteiger partial charge in [0.15, 0.2) is 0 Å². The number of benzene rings is 1. The highest BCUT2D eigenvalue weighted by Crippen LogP contribution is 2.16. The molecule has 0 unspecified atom stereocenters. The number of rotatable bonds is 8. The van der Waals surface area contributed by atoms with E-state index in [1.165, 1.54) is 19.3 Å². The fourth-order valence-corrected chi connectivity index (χ4v) is 2.54. The van der Waals surface area contributed by atoms with Crippen molar-refractivity contribution in [3.63, 3.8) is 0 Å². The first kappa shape index (κ1) is 16.8. The molecule has 1 aliphatic rings. The molecule has 0 aliphatic carbocycles. The predicted molar refractivity (Wildman–Crippen MR) is 87.4 cm³/mol. The Bertz CT molecular complexity index is 438. The van der Waals surface area contributed by atoms with E-state index in [2.05, 4.69) is 12.2 Å². The van der Waals surface area contributed by atoms with Gasteiger partial charge in [0.25, 0.3) is 0 Å². The van der Waals surface area contributed by atoms with Crippen molar-refractivity contribution in [1.29, 1.82) is 0 Å². The quantitative estimate of drug-likeness (QED) is 0.589. The molecule has 1 fully saturated rings. The van der Waals surface area contributed by atoms with Crippen LogP contribution >= 0.6 is 0 Å². The first-order valence-electron chi connectivity index (χ1n) is 8.44.